The van der Waals surface area contributed by atoms with E-state index in [0.29, 0.717) is 6.67 Å². The van der Waals surface area contributed by atoms with Crippen molar-refractivity contribution in [2.45, 2.75) is 12.7 Å². The third kappa shape index (κ3) is 3.72. The first kappa shape index (κ1) is 16.0. The average Bonchev–Trinajstić information content (AvgIpc) is 2.96. The van der Waals surface area contributed by atoms with Crippen molar-refractivity contribution in [1.82, 2.24) is 14.7 Å². The van der Waals surface area contributed by atoms with Crippen molar-refractivity contribution >= 4 is 23.6 Å². The van der Waals surface area contributed by atoms with Gasteiger partial charge in [0, 0.05) is 0 Å². The maximum atomic E-state index is 13.3. The zero-order chi connectivity index (χ0) is 16.2. The van der Waals surface area contributed by atoms with Crippen molar-refractivity contribution in [1.29, 1.82) is 0 Å². The Kier molecular flexibility index (Phi) is 4.95. The molecule has 3 aromatic rings. The number of aromatic nitrogens is 2. The van der Waals surface area contributed by atoms with Crippen molar-refractivity contribution in [3.63, 3.8) is 0 Å². The van der Waals surface area contributed by atoms with E-state index >= 15 is 0 Å². The van der Waals surface area contributed by atoms with E-state index in [-0.39, 0.29) is 11.9 Å². The molecule has 0 fully saturated rings. The second-order valence-corrected chi connectivity index (χ2v) is 6.75. The lowest BCUT2D eigenvalue weighted by Crippen LogP contribution is -2.28. The standard InChI is InChI=1S/C17H16FN3S2/c1-20(12-21-17(22)23-11-19-21)16(13-5-3-2-4-6-13)14-7-9-15(18)10-8-14/h2-11,16H,12H2,1H3/t16-/m1/s1. The second-order valence-electron chi connectivity index (χ2n) is 5.27. The Morgan fingerprint density at radius 1 is 1.13 bits per heavy atom. The Balaban J connectivity index is 1.96. The molecule has 0 spiro atoms. The zero-order valence-electron chi connectivity index (χ0n) is 12.6. The van der Waals surface area contributed by atoms with E-state index in [1.165, 1.54) is 23.5 Å². The van der Waals surface area contributed by atoms with Gasteiger partial charge in [-0.2, -0.15) is 5.10 Å². The molecule has 23 heavy (non-hydrogen) atoms. The fraction of sp³-hybridized carbons (Fsp3) is 0.176. The lowest BCUT2D eigenvalue weighted by atomic mass is 9.98. The summed E-state index contributed by atoms with van der Waals surface area (Å²) in [5.74, 6) is -0.232. The van der Waals surface area contributed by atoms with Gasteiger partial charge in [0.1, 0.15) is 11.3 Å². The molecular weight excluding hydrogens is 329 g/mol. The maximum absolute atomic E-state index is 13.3. The van der Waals surface area contributed by atoms with Crippen LogP contribution < -0.4 is 0 Å². The topological polar surface area (TPSA) is 21.1 Å². The Bertz CT molecular complexity index is 812. The van der Waals surface area contributed by atoms with Gasteiger partial charge in [-0.05, 0) is 42.5 Å². The summed E-state index contributed by atoms with van der Waals surface area (Å²) in [6.45, 7) is 0.569. The molecule has 1 atom stereocenters. The summed E-state index contributed by atoms with van der Waals surface area (Å²) >= 11 is 6.73. The lowest BCUT2D eigenvalue weighted by molar-refractivity contribution is 0.209. The number of halogens is 1. The van der Waals surface area contributed by atoms with Crippen LogP contribution in [-0.2, 0) is 6.67 Å². The SMILES string of the molecule is CN(Cn1ncsc1=S)[C@H](c1ccccc1)c1ccc(F)cc1. The Morgan fingerprint density at radius 3 is 2.39 bits per heavy atom. The molecule has 0 unspecified atom stereocenters. The molecule has 0 aliphatic carbocycles. The highest BCUT2D eigenvalue weighted by molar-refractivity contribution is 7.73. The molecule has 1 aromatic heterocycles. The molecule has 2 aromatic carbocycles. The van der Waals surface area contributed by atoms with Gasteiger partial charge in [0.05, 0.1) is 12.7 Å². The van der Waals surface area contributed by atoms with E-state index in [2.05, 4.69) is 22.1 Å². The first-order chi connectivity index (χ1) is 11.1. The van der Waals surface area contributed by atoms with Crippen LogP contribution >= 0.6 is 23.6 Å². The van der Waals surface area contributed by atoms with Crippen LogP contribution in [0.1, 0.15) is 17.2 Å². The van der Waals surface area contributed by atoms with E-state index in [1.807, 2.05) is 37.4 Å². The van der Waals surface area contributed by atoms with Crippen molar-refractivity contribution in [2.75, 3.05) is 7.05 Å². The summed E-state index contributed by atoms with van der Waals surface area (Å²) in [5, 5.41) is 4.27. The number of hydrogen-bond donors (Lipinski definition) is 0. The molecule has 0 aliphatic heterocycles. The zero-order valence-corrected chi connectivity index (χ0v) is 14.2. The van der Waals surface area contributed by atoms with E-state index in [1.54, 1.807) is 10.2 Å². The molecule has 0 radical (unpaired) electrons. The summed E-state index contributed by atoms with van der Waals surface area (Å²) in [6.07, 6.45) is 0. The van der Waals surface area contributed by atoms with Gasteiger partial charge < -0.3 is 0 Å². The summed E-state index contributed by atoms with van der Waals surface area (Å²) in [7, 11) is 2.02. The molecule has 118 valence electrons. The minimum atomic E-state index is -0.232. The van der Waals surface area contributed by atoms with Gasteiger partial charge in [-0.25, -0.2) is 9.07 Å². The van der Waals surface area contributed by atoms with Crippen LogP contribution in [0.5, 0.6) is 0 Å². The minimum absolute atomic E-state index is 0.000370. The monoisotopic (exact) mass is 345 g/mol. The largest absolute Gasteiger partial charge is 0.276 e. The normalized spacial score (nSPS) is 12.5. The van der Waals surface area contributed by atoms with Gasteiger partial charge in [0.15, 0.2) is 3.95 Å². The number of rotatable bonds is 5. The molecule has 0 N–H and O–H groups in total. The highest BCUT2D eigenvalue weighted by Gasteiger charge is 2.20. The lowest BCUT2D eigenvalue weighted by Gasteiger charge is -2.28. The van der Waals surface area contributed by atoms with Gasteiger partial charge in [-0.1, -0.05) is 53.8 Å². The van der Waals surface area contributed by atoms with Crippen LogP contribution in [0.4, 0.5) is 4.39 Å². The Morgan fingerprint density at radius 2 is 1.78 bits per heavy atom. The van der Waals surface area contributed by atoms with Crippen LogP contribution in [0, 0.1) is 9.77 Å². The Labute approximate surface area is 143 Å². The summed E-state index contributed by atoms with van der Waals surface area (Å²) < 4.78 is 15.8. The van der Waals surface area contributed by atoms with Gasteiger partial charge in [-0.15, -0.1) is 0 Å². The maximum Gasteiger partial charge on any atom is 0.180 e. The molecule has 0 aliphatic rings. The highest BCUT2D eigenvalue weighted by Crippen LogP contribution is 2.28. The first-order valence-corrected chi connectivity index (χ1v) is 8.45. The summed E-state index contributed by atoms with van der Waals surface area (Å²) in [6, 6.07) is 16.8. The van der Waals surface area contributed by atoms with Crippen molar-refractivity contribution in [2.24, 2.45) is 0 Å². The summed E-state index contributed by atoms with van der Waals surface area (Å²) in [4.78, 5) is 2.15. The Hall–Kier alpha value is -1.89. The van der Waals surface area contributed by atoms with Crippen LogP contribution in [0.2, 0.25) is 0 Å². The third-order valence-corrected chi connectivity index (χ3v) is 4.76. The van der Waals surface area contributed by atoms with Gasteiger partial charge in [0.2, 0.25) is 0 Å². The fourth-order valence-corrected chi connectivity index (χ4v) is 3.31. The van der Waals surface area contributed by atoms with E-state index in [0.717, 1.165) is 15.1 Å². The van der Waals surface area contributed by atoms with E-state index in [4.69, 9.17) is 12.2 Å². The molecule has 0 amide bonds. The molecule has 0 bridgehead atoms. The van der Waals surface area contributed by atoms with Crippen LogP contribution in [0.25, 0.3) is 0 Å². The minimum Gasteiger partial charge on any atom is -0.276 e. The quantitative estimate of drug-likeness (QED) is 0.636. The van der Waals surface area contributed by atoms with Crippen molar-refractivity contribution in [3.05, 3.63) is 81.0 Å². The van der Waals surface area contributed by atoms with Crippen molar-refractivity contribution < 1.29 is 4.39 Å². The van der Waals surface area contributed by atoms with E-state index < -0.39 is 0 Å². The number of nitrogens with zero attached hydrogens (tertiary/aromatic N) is 3. The van der Waals surface area contributed by atoms with Crippen LogP contribution in [0.15, 0.2) is 60.1 Å². The second kappa shape index (κ2) is 7.12. The predicted octanol–water partition coefficient (Wildman–Crippen LogP) is 4.49. The van der Waals surface area contributed by atoms with Gasteiger partial charge in [0.25, 0.3) is 0 Å². The smallest absolute Gasteiger partial charge is 0.180 e. The number of benzene rings is 2. The average molecular weight is 345 g/mol. The van der Waals surface area contributed by atoms with Gasteiger partial charge >= 0.3 is 0 Å². The summed E-state index contributed by atoms with van der Waals surface area (Å²) in [5.41, 5.74) is 3.91. The van der Waals surface area contributed by atoms with Crippen LogP contribution in [-0.4, -0.2) is 21.7 Å². The molecule has 3 rings (SSSR count). The molecule has 6 heteroatoms. The fourth-order valence-electron chi connectivity index (χ4n) is 2.60. The molecular formula is C17H16FN3S2. The van der Waals surface area contributed by atoms with Crippen molar-refractivity contribution in [3.8, 4) is 0 Å². The molecule has 0 saturated carbocycles. The predicted molar refractivity (Wildman–Crippen MR) is 93.4 cm³/mol. The molecule has 0 saturated heterocycles. The van der Waals surface area contributed by atoms with Crippen LogP contribution in [0.3, 0.4) is 0 Å². The number of hydrogen-bond acceptors (Lipinski definition) is 4. The van der Waals surface area contributed by atoms with Gasteiger partial charge in [-0.3, -0.25) is 4.90 Å². The van der Waals surface area contributed by atoms with E-state index in [9.17, 15) is 4.39 Å². The molecule has 3 nitrogen and oxygen atoms in total. The third-order valence-electron chi connectivity index (χ3n) is 3.65. The highest BCUT2D eigenvalue weighted by atomic mass is 32.1. The first-order valence-electron chi connectivity index (χ1n) is 7.16. The molecule has 1 heterocycles.